The first kappa shape index (κ1) is 21.3. The zero-order valence-corrected chi connectivity index (χ0v) is 17.5. The second-order valence-electron chi connectivity index (χ2n) is 7.10. The normalized spacial score (nSPS) is 13.8. The van der Waals surface area contributed by atoms with Gasteiger partial charge in [-0.3, -0.25) is 0 Å². The molecule has 0 aromatic heterocycles. The summed E-state index contributed by atoms with van der Waals surface area (Å²) in [5.74, 6) is 0.708. The van der Waals surface area contributed by atoms with E-state index in [1.165, 1.54) is 6.42 Å². The monoisotopic (exact) mass is 417 g/mol. The molecule has 1 heterocycles. The molecule has 29 heavy (non-hydrogen) atoms. The molecule has 2 N–H and O–H groups in total. The van der Waals surface area contributed by atoms with Crippen LogP contribution in [0.1, 0.15) is 24.8 Å². The van der Waals surface area contributed by atoms with Crippen molar-refractivity contribution >= 4 is 29.0 Å². The van der Waals surface area contributed by atoms with Gasteiger partial charge in [-0.05, 0) is 43.5 Å². The summed E-state index contributed by atoms with van der Waals surface area (Å²) < 4.78 is 5.39. The van der Waals surface area contributed by atoms with Gasteiger partial charge in [0, 0.05) is 30.2 Å². The van der Waals surface area contributed by atoms with E-state index >= 15 is 0 Å². The van der Waals surface area contributed by atoms with Crippen LogP contribution in [0.3, 0.4) is 0 Å². The Balaban J connectivity index is 1.80. The highest BCUT2D eigenvalue weighted by Gasteiger charge is 2.20. The van der Waals surface area contributed by atoms with Crippen molar-refractivity contribution < 1.29 is 14.6 Å². The maximum atomic E-state index is 13.1. The molecular weight excluding hydrogens is 390 g/mol. The Morgan fingerprint density at radius 3 is 2.69 bits per heavy atom. The van der Waals surface area contributed by atoms with E-state index in [-0.39, 0.29) is 19.2 Å². The number of aliphatic hydroxyl groups excluding tert-OH is 1. The van der Waals surface area contributed by atoms with Gasteiger partial charge in [0.25, 0.3) is 0 Å². The number of amides is 2. The number of carbonyl (C=O) groups is 1. The molecule has 2 amide bonds. The number of para-hydroxylation sites is 1. The summed E-state index contributed by atoms with van der Waals surface area (Å²) in [6.07, 6.45) is 3.51. The molecule has 6 nitrogen and oxygen atoms in total. The largest absolute Gasteiger partial charge is 0.496 e. The maximum absolute atomic E-state index is 13.1. The molecule has 0 atom stereocenters. The van der Waals surface area contributed by atoms with Crippen LogP contribution in [0.15, 0.2) is 42.5 Å². The first-order valence-corrected chi connectivity index (χ1v) is 10.3. The van der Waals surface area contributed by atoms with E-state index in [2.05, 4.69) is 10.2 Å². The first-order valence-electron chi connectivity index (χ1n) is 9.95. The van der Waals surface area contributed by atoms with Crippen molar-refractivity contribution in [3.8, 4) is 5.75 Å². The van der Waals surface area contributed by atoms with Crippen LogP contribution in [-0.2, 0) is 6.54 Å². The summed E-state index contributed by atoms with van der Waals surface area (Å²) in [4.78, 5) is 16.9. The SMILES string of the molecule is COc1ccccc1CN(CCO)C(=O)Nc1cc(Cl)ccc1N1CCCCC1. The molecule has 0 spiro atoms. The number of hydrogen-bond acceptors (Lipinski definition) is 4. The number of carbonyl (C=O) groups excluding carboxylic acids is 1. The molecule has 0 radical (unpaired) electrons. The molecule has 7 heteroatoms. The number of nitrogens with zero attached hydrogens (tertiary/aromatic N) is 2. The number of methoxy groups -OCH3 is 1. The van der Waals surface area contributed by atoms with Crippen LogP contribution in [0.2, 0.25) is 5.02 Å². The zero-order valence-electron chi connectivity index (χ0n) is 16.7. The van der Waals surface area contributed by atoms with Gasteiger partial charge < -0.3 is 25.0 Å². The fourth-order valence-corrected chi connectivity index (χ4v) is 3.80. The number of aliphatic hydroxyl groups is 1. The number of ether oxygens (including phenoxy) is 1. The van der Waals surface area contributed by atoms with Crippen molar-refractivity contribution in [1.82, 2.24) is 4.90 Å². The summed E-state index contributed by atoms with van der Waals surface area (Å²) in [7, 11) is 1.60. The Bertz CT molecular complexity index is 825. The van der Waals surface area contributed by atoms with Crippen molar-refractivity contribution in [2.45, 2.75) is 25.8 Å². The fraction of sp³-hybridized carbons (Fsp3) is 0.409. The van der Waals surface area contributed by atoms with E-state index in [4.69, 9.17) is 16.3 Å². The summed E-state index contributed by atoms with van der Waals surface area (Å²) in [5, 5.41) is 13.0. The van der Waals surface area contributed by atoms with Crippen LogP contribution in [-0.4, -0.2) is 49.4 Å². The lowest BCUT2D eigenvalue weighted by Crippen LogP contribution is -2.37. The number of rotatable bonds is 7. The first-order chi connectivity index (χ1) is 14.1. The summed E-state index contributed by atoms with van der Waals surface area (Å²) in [6.45, 7) is 2.34. The van der Waals surface area contributed by atoms with Crippen LogP contribution in [0.25, 0.3) is 0 Å². The molecule has 0 aliphatic carbocycles. The average Bonchev–Trinajstić information content (AvgIpc) is 2.74. The number of hydrogen-bond donors (Lipinski definition) is 2. The van der Waals surface area contributed by atoms with Crippen LogP contribution in [0.4, 0.5) is 16.2 Å². The highest BCUT2D eigenvalue weighted by atomic mass is 35.5. The van der Waals surface area contributed by atoms with Crippen LogP contribution >= 0.6 is 11.6 Å². The molecule has 1 aliphatic rings. The van der Waals surface area contributed by atoms with Gasteiger partial charge in [-0.25, -0.2) is 4.79 Å². The number of piperidine rings is 1. The van der Waals surface area contributed by atoms with Gasteiger partial charge in [0.1, 0.15) is 5.75 Å². The topological polar surface area (TPSA) is 65.0 Å². The minimum atomic E-state index is -0.287. The number of benzene rings is 2. The lowest BCUT2D eigenvalue weighted by molar-refractivity contribution is 0.184. The predicted molar refractivity (Wildman–Crippen MR) is 117 cm³/mol. The number of anilines is 2. The van der Waals surface area contributed by atoms with Crippen molar-refractivity contribution in [2.75, 3.05) is 43.6 Å². The maximum Gasteiger partial charge on any atom is 0.322 e. The summed E-state index contributed by atoms with van der Waals surface area (Å²) in [6, 6.07) is 12.9. The Kier molecular flexibility index (Phi) is 7.61. The van der Waals surface area contributed by atoms with Gasteiger partial charge in [-0.1, -0.05) is 29.8 Å². The van der Waals surface area contributed by atoms with E-state index in [1.807, 2.05) is 36.4 Å². The van der Waals surface area contributed by atoms with E-state index in [9.17, 15) is 9.90 Å². The highest BCUT2D eigenvalue weighted by molar-refractivity contribution is 6.31. The van der Waals surface area contributed by atoms with Gasteiger partial charge in [-0.2, -0.15) is 0 Å². The Morgan fingerprint density at radius 2 is 1.97 bits per heavy atom. The minimum absolute atomic E-state index is 0.128. The smallest absolute Gasteiger partial charge is 0.322 e. The fourth-order valence-electron chi connectivity index (χ4n) is 3.63. The van der Waals surface area contributed by atoms with Gasteiger partial charge in [-0.15, -0.1) is 0 Å². The molecule has 1 saturated heterocycles. The quantitative estimate of drug-likeness (QED) is 0.702. The number of nitrogens with one attached hydrogen (secondary N) is 1. The van der Waals surface area contributed by atoms with Crippen molar-refractivity contribution in [1.29, 1.82) is 0 Å². The second-order valence-corrected chi connectivity index (χ2v) is 7.53. The molecule has 2 aromatic carbocycles. The van der Waals surface area contributed by atoms with Gasteiger partial charge >= 0.3 is 6.03 Å². The van der Waals surface area contributed by atoms with Gasteiger partial charge in [0.15, 0.2) is 0 Å². The molecule has 1 aliphatic heterocycles. The van der Waals surface area contributed by atoms with Crippen molar-refractivity contribution in [3.63, 3.8) is 0 Å². The zero-order chi connectivity index (χ0) is 20.6. The summed E-state index contributed by atoms with van der Waals surface area (Å²) >= 11 is 6.21. The Hall–Kier alpha value is -2.44. The molecule has 0 unspecified atom stereocenters. The van der Waals surface area contributed by atoms with Crippen LogP contribution < -0.4 is 15.0 Å². The molecule has 156 valence electrons. The van der Waals surface area contributed by atoms with Crippen LogP contribution in [0.5, 0.6) is 5.75 Å². The van der Waals surface area contributed by atoms with Crippen LogP contribution in [0, 0.1) is 0 Å². The van der Waals surface area contributed by atoms with E-state index < -0.39 is 0 Å². The van der Waals surface area contributed by atoms with E-state index in [1.54, 1.807) is 18.1 Å². The molecule has 0 saturated carbocycles. The number of urea groups is 1. The Labute approximate surface area is 177 Å². The third-order valence-electron chi connectivity index (χ3n) is 5.11. The third kappa shape index (κ3) is 5.55. The second kappa shape index (κ2) is 10.4. The molecular formula is C22H28ClN3O3. The molecule has 2 aromatic rings. The Morgan fingerprint density at radius 1 is 1.21 bits per heavy atom. The minimum Gasteiger partial charge on any atom is -0.496 e. The molecule has 3 rings (SSSR count). The number of halogens is 1. The van der Waals surface area contributed by atoms with E-state index in [0.29, 0.717) is 23.0 Å². The molecule has 1 fully saturated rings. The van der Waals surface area contributed by atoms with Crippen molar-refractivity contribution in [2.24, 2.45) is 0 Å². The highest BCUT2D eigenvalue weighted by Crippen LogP contribution is 2.31. The van der Waals surface area contributed by atoms with Crippen molar-refractivity contribution in [3.05, 3.63) is 53.1 Å². The van der Waals surface area contributed by atoms with E-state index in [0.717, 1.165) is 37.2 Å². The average molecular weight is 418 g/mol. The lowest BCUT2D eigenvalue weighted by Gasteiger charge is -2.31. The summed E-state index contributed by atoms with van der Waals surface area (Å²) in [5.41, 5.74) is 2.54. The lowest BCUT2D eigenvalue weighted by atomic mass is 10.1. The molecule has 0 bridgehead atoms. The predicted octanol–water partition coefficient (Wildman–Crippen LogP) is 4.37. The van der Waals surface area contributed by atoms with Gasteiger partial charge in [0.2, 0.25) is 0 Å². The van der Waals surface area contributed by atoms with Gasteiger partial charge in [0.05, 0.1) is 31.6 Å². The standard InChI is InChI=1S/C22H28ClN3O3/c1-29-21-8-4-3-7-17(21)16-26(13-14-27)22(28)24-19-15-18(23)9-10-20(19)25-11-5-2-6-12-25/h3-4,7-10,15,27H,2,5-6,11-14,16H2,1H3,(H,24,28). The third-order valence-corrected chi connectivity index (χ3v) is 5.34.